The minimum absolute atomic E-state index is 0. The van der Waals surface area contributed by atoms with Gasteiger partial charge in [0.25, 0.3) is 0 Å². The number of hydrogen-bond donors (Lipinski definition) is 0. The SMILES string of the molecule is [Ge+4].[O]=[W](=[O])([O-])[O-].[O]=[W](=[O])([O-])[O-]. The zero-order chi connectivity index (χ0) is 9.00. The quantitative estimate of drug-likeness (QED) is 0.262. The summed E-state index contributed by atoms with van der Waals surface area (Å²) in [6.45, 7) is 0. The van der Waals surface area contributed by atoms with E-state index in [0.717, 1.165) is 0 Å². The molecule has 0 saturated heterocycles. The van der Waals surface area contributed by atoms with Crippen molar-refractivity contribution in [1.82, 2.24) is 0 Å². The van der Waals surface area contributed by atoms with Crippen molar-refractivity contribution in [3.8, 4) is 0 Å². The van der Waals surface area contributed by atoms with Crippen LogP contribution in [0, 0.1) is 0 Å². The summed E-state index contributed by atoms with van der Waals surface area (Å²) in [5.74, 6) is 0. The Morgan fingerprint density at radius 3 is 0.636 bits per heavy atom. The maximum absolute atomic E-state index is 8.65. The molecule has 0 aliphatic heterocycles. The maximum atomic E-state index is 8.65. The molecule has 0 fully saturated rings. The Labute approximate surface area is 79.3 Å². The molecule has 0 aromatic carbocycles. The van der Waals surface area contributed by atoms with Gasteiger partial charge in [-0.15, -0.1) is 0 Å². The minimum atomic E-state index is -6.17. The second-order valence-electron chi connectivity index (χ2n) is 0.816. The van der Waals surface area contributed by atoms with E-state index in [2.05, 4.69) is 0 Å². The number of rotatable bonds is 0. The average Bonchev–Trinajstić information content (AvgIpc) is 1.12. The van der Waals surface area contributed by atoms with Crippen LogP contribution in [-0.4, -0.2) is 17.6 Å². The van der Waals surface area contributed by atoms with Crippen LogP contribution in [0.3, 0.4) is 0 Å². The topological polar surface area (TPSA) is 161 Å². The summed E-state index contributed by atoms with van der Waals surface area (Å²) in [7, 11) is 0. The van der Waals surface area contributed by atoms with Crippen molar-refractivity contribution in [3.63, 3.8) is 0 Å². The van der Waals surface area contributed by atoms with Crippen molar-refractivity contribution in [2.45, 2.75) is 0 Å². The molecule has 8 nitrogen and oxygen atoms in total. The van der Waals surface area contributed by atoms with E-state index in [4.69, 9.17) is 28.6 Å². The van der Waals surface area contributed by atoms with Gasteiger partial charge in [0.2, 0.25) is 0 Å². The molecule has 0 aromatic rings. The van der Waals surface area contributed by atoms with Gasteiger partial charge in [0.05, 0.1) is 0 Å². The van der Waals surface area contributed by atoms with Crippen molar-refractivity contribution in [2.24, 2.45) is 0 Å². The van der Waals surface area contributed by atoms with E-state index in [1.54, 1.807) is 0 Å². The first-order chi connectivity index (χ1) is 4.00. The van der Waals surface area contributed by atoms with E-state index in [1.807, 2.05) is 0 Å². The van der Waals surface area contributed by atoms with Crippen LogP contribution in [0.2, 0.25) is 0 Å². The van der Waals surface area contributed by atoms with Crippen molar-refractivity contribution in [1.29, 1.82) is 0 Å². The van der Waals surface area contributed by atoms with Crippen LogP contribution >= 0.6 is 0 Å². The fraction of sp³-hybridized carbons (Fsp3) is 0. The van der Waals surface area contributed by atoms with Gasteiger partial charge in [-0.05, 0) is 0 Å². The van der Waals surface area contributed by atoms with Gasteiger partial charge in [-0.3, -0.25) is 0 Å². The van der Waals surface area contributed by atoms with Crippen molar-refractivity contribution < 1.29 is 62.1 Å². The summed E-state index contributed by atoms with van der Waals surface area (Å²) in [6.07, 6.45) is 0. The van der Waals surface area contributed by atoms with Crippen LogP contribution in [0.1, 0.15) is 0 Å². The Morgan fingerprint density at radius 2 is 0.636 bits per heavy atom. The molecule has 0 aliphatic rings. The Morgan fingerprint density at radius 1 is 0.636 bits per heavy atom. The van der Waals surface area contributed by atoms with Crippen molar-refractivity contribution in [3.05, 3.63) is 0 Å². The summed E-state index contributed by atoms with van der Waals surface area (Å²) in [5, 5.41) is 0. The average molecular weight is 568 g/mol. The van der Waals surface area contributed by atoms with E-state index >= 15 is 0 Å². The second-order valence-corrected chi connectivity index (χ2v) is 6.68. The third-order valence-corrected chi connectivity index (χ3v) is 0. The normalized spacial score (nSPS) is 10.5. The number of hydrogen-bond acceptors (Lipinski definition) is 8. The fourth-order valence-electron chi connectivity index (χ4n) is 0. The molecule has 0 saturated carbocycles. The molecule has 0 N–H and O–H groups in total. The summed E-state index contributed by atoms with van der Waals surface area (Å²) in [5.41, 5.74) is 0. The van der Waals surface area contributed by atoms with E-state index in [0.29, 0.717) is 0 Å². The van der Waals surface area contributed by atoms with E-state index in [1.165, 1.54) is 0 Å². The van der Waals surface area contributed by atoms with E-state index in [9.17, 15) is 0 Å². The monoisotopic (exact) mass is 570 g/mol. The molecule has 64 valence electrons. The predicted octanol–water partition coefficient (Wildman–Crippen LogP) is -5.62. The third kappa shape index (κ3) is 956. The Bertz CT molecular complexity index is 208. The van der Waals surface area contributed by atoms with Crippen LogP contribution in [0.25, 0.3) is 0 Å². The van der Waals surface area contributed by atoms with Crippen molar-refractivity contribution in [2.75, 3.05) is 0 Å². The van der Waals surface area contributed by atoms with Gasteiger partial charge in [-0.2, -0.15) is 0 Å². The molecule has 11 heteroatoms. The molecule has 0 heterocycles. The first-order valence-electron chi connectivity index (χ1n) is 1.33. The van der Waals surface area contributed by atoms with Gasteiger partial charge in [0, 0.05) is 0 Å². The standard InChI is InChI=1S/Ge.8O.2W/q+4;;;;;4*-1;;. The Balaban J connectivity index is -0.000000107. The van der Waals surface area contributed by atoms with Crippen molar-refractivity contribution >= 4 is 17.6 Å². The third-order valence-electron chi connectivity index (χ3n) is 0. The first-order valence-corrected chi connectivity index (χ1v) is 10.9. The molecule has 0 rings (SSSR count). The molecular formula is GeO8W2. The molecule has 11 heavy (non-hydrogen) atoms. The van der Waals surface area contributed by atoms with Gasteiger partial charge in [-0.25, -0.2) is 0 Å². The summed E-state index contributed by atoms with van der Waals surface area (Å²) in [4.78, 5) is 0. The molecule has 0 atom stereocenters. The second kappa shape index (κ2) is 6.47. The van der Waals surface area contributed by atoms with Gasteiger partial charge in [-0.1, -0.05) is 0 Å². The molecule has 0 aromatic heterocycles. The molecular weight excluding hydrogens is 568 g/mol. The Kier molecular flexibility index (Phi) is 10.5. The fourth-order valence-corrected chi connectivity index (χ4v) is 0. The van der Waals surface area contributed by atoms with Gasteiger partial charge < -0.3 is 0 Å². The van der Waals surface area contributed by atoms with Gasteiger partial charge in [0.15, 0.2) is 0 Å². The molecule has 0 unspecified atom stereocenters. The molecule has 0 bridgehead atoms. The first kappa shape index (κ1) is 17.9. The summed E-state index contributed by atoms with van der Waals surface area (Å²) in [6, 6.07) is 0. The van der Waals surface area contributed by atoms with E-state index < -0.39 is 33.5 Å². The zero-order valence-electron chi connectivity index (χ0n) is 4.58. The Hall–Kier alpha value is 0.959. The van der Waals surface area contributed by atoms with E-state index in [-0.39, 0.29) is 17.6 Å². The zero-order valence-corrected chi connectivity index (χ0v) is 12.5. The van der Waals surface area contributed by atoms with Crippen LogP contribution < -0.4 is 15.0 Å². The summed E-state index contributed by atoms with van der Waals surface area (Å²) < 4.78 is 69.2. The molecule has 0 radical (unpaired) electrons. The van der Waals surface area contributed by atoms with Crippen LogP contribution in [0.15, 0.2) is 0 Å². The molecule has 0 amide bonds. The van der Waals surface area contributed by atoms with Crippen LogP contribution in [0.5, 0.6) is 0 Å². The predicted molar refractivity (Wildman–Crippen MR) is 8.50 cm³/mol. The van der Waals surface area contributed by atoms with Crippen LogP contribution in [-0.2, 0) is 47.1 Å². The van der Waals surface area contributed by atoms with Gasteiger partial charge >= 0.3 is 79.7 Å². The molecule has 0 spiro atoms. The van der Waals surface area contributed by atoms with Gasteiger partial charge in [0.1, 0.15) is 0 Å². The summed E-state index contributed by atoms with van der Waals surface area (Å²) >= 11 is -12.3. The van der Waals surface area contributed by atoms with Crippen LogP contribution in [0.4, 0.5) is 0 Å². The molecule has 0 aliphatic carbocycles.